The SMILES string of the molecule is O=C(O)[C@@H]1CC[C@H](C(=O)N(Cc2ccccc2C(F)(F)F)C2CC2)C1. The van der Waals surface area contributed by atoms with Gasteiger partial charge in [-0.25, -0.2) is 0 Å². The molecule has 7 heteroatoms. The van der Waals surface area contributed by atoms with Crippen LogP contribution in [0.25, 0.3) is 0 Å². The van der Waals surface area contributed by atoms with Gasteiger partial charge in [0, 0.05) is 18.5 Å². The van der Waals surface area contributed by atoms with Gasteiger partial charge in [0.1, 0.15) is 0 Å². The fraction of sp³-hybridized carbons (Fsp3) is 0.556. The maximum Gasteiger partial charge on any atom is 0.416 e. The van der Waals surface area contributed by atoms with Crippen LogP contribution in [-0.4, -0.2) is 27.9 Å². The van der Waals surface area contributed by atoms with Crippen LogP contribution in [0.3, 0.4) is 0 Å². The van der Waals surface area contributed by atoms with Gasteiger partial charge < -0.3 is 10.0 Å². The first-order chi connectivity index (χ1) is 11.8. The number of alkyl halides is 3. The summed E-state index contributed by atoms with van der Waals surface area (Å²) in [5.74, 6) is -2.05. The predicted molar refractivity (Wildman–Crippen MR) is 83.5 cm³/mol. The molecule has 0 bridgehead atoms. The van der Waals surface area contributed by atoms with E-state index in [1.807, 2.05) is 0 Å². The minimum atomic E-state index is -4.46. The second-order valence-corrected chi connectivity index (χ2v) is 6.90. The molecule has 0 heterocycles. The number of aliphatic carboxylic acids is 1. The molecule has 2 atom stereocenters. The van der Waals surface area contributed by atoms with E-state index >= 15 is 0 Å². The monoisotopic (exact) mass is 355 g/mol. The molecule has 0 saturated heterocycles. The summed E-state index contributed by atoms with van der Waals surface area (Å²) in [6.07, 6.45) is -1.68. The van der Waals surface area contributed by atoms with E-state index in [9.17, 15) is 22.8 Å². The zero-order chi connectivity index (χ0) is 18.2. The van der Waals surface area contributed by atoms with Gasteiger partial charge in [-0.05, 0) is 43.7 Å². The Bertz CT molecular complexity index is 670. The Morgan fingerprint density at radius 1 is 1.08 bits per heavy atom. The summed E-state index contributed by atoms with van der Waals surface area (Å²) in [5.41, 5.74) is -0.633. The third-order valence-corrected chi connectivity index (χ3v) is 5.07. The minimum absolute atomic E-state index is 0.0299. The smallest absolute Gasteiger partial charge is 0.416 e. The van der Waals surface area contributed by atoms with Crippen LogP contribution in [0, 0.1) is 11.8 Å². The van der Waals surface area contributed by atoms with E-state index in [0.717, 1.165) is 18.9 Å². The fourth-order valence-corrected chi connectivity index (χ4v) is 3.56. The van der Waals surface area contributed by atoms with E-state index in [-0.39, 0.29) is 30.5 Å². The molecule has 4 nitrogen and oxygen atoms in total. The van der Waals surface area contributed by atoms with Gasteiger partial charge in [0.15, 0.2) is 0 Å². The van der Waals surface area contributed by atoms with Crippen LogP contribution < -0.4 is 0 Å². The Morgan fingerprint density at radius 2 is 1.72 bits per heavy atom. The van der Waals surface area contributed by atoms with E-state index < -0.39 is 29.5 Å². The zero-order valence-electron chi connectivity index (χ0n) is 13.6. The second kappa shape index (κ2) is 6.69. The first kappa shape index (κ1) is 17.8. The number of hydrogen-bond donors (Lipinski definition) is 1. The lowest BCUT2D eigenvalue weighted by Crippen LogP contribution is -2.37. The number of carbonyl (C=O) groups is 2. The van der Waals surface area contributed by atoms with Crippen molar-refractivity contribution in [2.24, 2.45) is 11.8 Å². The van der Waals surface area contributed by atoms with Crippen molar-refractivity contribution in [3.8, 4) is 0 Å². The molecule has 0 aromatic heterocycles. The lowest BCUT2D eigenvalue weighted by Gasteiger charge is -2.27. The standard InChI is InChI=1S/C18H20F3NO3/c19-18(20,21)15-4-2-1-3-13(15)10-22(14-7-8-14)16(23)11-5-6-12(9-11)17(24)25/h1-4,11-12,14H,5-10H2,(H,24,25)/t11-,12+/m0/s1. The molecular weight excluding hydrogens is 335 g/mol. The molecule has 136 valence electrons. The van der Waals surface area contributed by atoms with Gasteiger partial charge in [-0.3, -0.25) is 9.59 Å². The van der Waals surface area contributed by atoms with Gasteiger partial charge in [-0.2, -0.15) is 13.2 Å². The molecule has 1 aromatic rings. The number of rotatable bonds is 5. The summed E-state index contributed by atoms with van der Waals surface area (Å²) in [6, 6.07) is 5.28. The second-order valence-electron chi connectivity index (χ2n) is 6.90. The normalized spacial score (nSPS) is 23.5. The molecule has 0 unspecified atom stereocenters. The summed E-state index contributed by atoms with van der Waals surface area (Å²) in [7, 11) is 0. The van der Waals surface area contributed by atoms with E-state index in [0.29, 0.717) is 12.8 Å². The molecule has 1 N–H and O–H groups in total. The highest BCUT2D eigenvalue weighted by atomic mass is 19.4. The highest BCUT2D eigenvalue weighted by molar-refractivity contribution is 5.81. The zero-order valence-corrected chi connectivity index (χ0v) is 13.6. The highest BCUT2D eigenvalue weighted by Gasteiger charge is 2.41. The minimum Gasteiger partial charge on any atom is -0.481 e. The maximum atomic E-state index is 13.2. The molecule has 2 saturated carbocycles. The van der Waals surface area contributed by atoms with Crippen molar-refractivity contribution >= 4 is 11.9 Å². The van der Waals surface area contributed by atoms with Crippen molar-refractivity contribution in [2.45, 2.75) is 50.9 Å². The Morgan fingerprint density at radius 3 is 2.28 bits per heavy atom. The number of amides is 1. The number of carboxylic acid groups (broad SMARTS) is 1. The molecule has 1 aromatic carbocycles. The average molecular weight is 355 g/mol. The molecule has 2 aliphatic carbocycles. The maximum absolute atomic E-state index is 13.2. The predicted octanol–water partition coefficient (Wildman–Crippen LogP) is 3.70. The van der Waals surface area contributed by atoms with E-state index in [1.165, 1.54) is 23.1 Å². The van der Waals surface area contributed by atoms with Crippen LogP contribution >= 0.6 is 0 Å². The van der Waals surface area contributed by atoms with Crippen molar-refractivity contribution in [1.29, 1.82) is 0 Å². The Balaban J connectivity index is 1.77. The summed E-state index contributed by atoms with van der Waals surface area (Å²) in [6.45, 7) is -0.0760. The van der Waals surface area contributed by atoms with Gasteiger partial charge in [-0.15, -0.1) is 0 Å². The molecule has 2 fully saturated rings. The third-order valence-electron chi connectivity index (χ3n) is 5.07. The molecule has 0 radical (unpaired) electrons. The van der Waals surface area contributed by atoms with Gasteiger partial charge in [-0.1, -0.05) is 18.2 Å². The topological polar surface area (TPSA) is 57.6 Å². The third kappa shape index (κ3) is 3.96. The average Bonchev–Trinajstić information content (AvgIpc) is 3.26. The van der Waals surface area contributed by atoms with Gasteiger partial charge in [0.2, 0.25) is 5.91 Å². The molecule has 0 spiro atoms. The van der Waals surface area contributed by atoms with Crippen molar-refractivity contribution in [3.05, 3.63) is 35.4 Å². The quantitative estimate of drug-likeness (QED) is 0.876. The highest BCUT2D eigenvalue weighted by Crippen LogP contribution is 2.38. The Labute approximate surface area is 143 Å². The fourth-order valence-electron chi connectivity index (χ4n) is 3.56. The van der Waals surface area contributed by atoms with E-state index in [4.69, 9.17) is 5.11 Å². The first-order valence-electron chi connectivity index (χ1n) is 8.45. The summed E-state index contributed by atoms with van der Waals surface area (Å²) >= 11 is 0. The van der Waals surface area contributed by atoms with Crippen LogP contribution in [0.4, 0.5) is 13.2 Å². The van der Waals surface area contributed by atoms with Gasteiger partial charge >= 0.3 is 12.1 Å². The van der Waals surface area contributed by atoms with Crippen LogP contribution in [0.15, 0.2) is 24.3 Å². The Hall–Kier alpha value is -2.05. The lowest BCUT2D eigenvalue weighted by molar-refractivity contribution is -0.143. The number of carbonyl (C=O) groups excluding carboxylic acids is 1. The van der Waals surface area contributed by atoms with E-state index in [1.54, 1.807) is 0 Å². The molecule has 3 rings (SSSR count). The van der Waals surface area contributed by atoms with Crippen molar-refractivity contribution < 1.29 is 27.9 Å². The largest absolute Gasteiger partial charge is 0.481 e. The van der Waals surface area contributed by atoms with Crippen LogP contribution in [0.2, 0.25) is 0 Å². The Kier molecular flexibility index (Phi) is 4.75. The van der Waals surface area contributed by atoms with E-state index in [2.05, 4.69) is 0 Å². The van der Waals surface area contributed by atoms with Crippen molar-refractivity contribution in [1.82, 2.24) is 4.90 Å². The lowest BCUT2D eigenvalue weighted by atomic mass is 10.0. The summed E-state index contributed by atoms with van der Waals surface area (Å²) in [5, 5.41) is 9.08. The molecular formula is C18H20F3NO3. The number of carboxylic acids is 1. The summed E-state index contributed by atoms with van der Waals surface area (Å²) < 4.78 is 39.6. The molecule has 1 amide bonds. The van der Waals surface area contributed by atoms with Gasteiger partial charge in [0.05, 0.1) is 11.5 Å². The molecule has 0 aliphatic heterocycles. The van der Waals surface area contributed by atoms with Crippen LogP contribution in [0.1, 0.15) is 43.2 Å². The van der Waals surface area contributed by atoms with Crippen molar-refractivity contribution in [2.75, 3.05) is 0 Å². The van der Waals surface area contributed by atoms with Gasteiger partial charge in [0.25, 0.3) is 0 Å². The number of halogens is 3. The molecule has 25 heavy (non-hydrogen) atoms. The van der Waals surface area contributed by atoms with Crippen LogP contribution in [-0.2, 0) is 22.3 Å². The first-order valence-corrected chi connectivity index (χ1v) is 8.45. The number of benzene rings is 1. The summed E-state index contributed by atoms with van der Waals surface area (Å²) in [4.78, 5) is 25.4. The number of nitrogens with zero attached hydrogens (tertiary/aromatic N) is 1. The van der Waals surface area contributed by atoms with Crippen molar-refractivity contribution in [3.63, 3.8) is 0 Å². The molecule has 2 aliphatic rings. The van der Waals surface area contributed by atoms with Crippen LogP contribution in [0.5, 0.6) is 0 Å². The number of hydrogen-bond acceptors (Lipinski definition) is 2.